The zero-order valence-corrected chi connectivity index (χ0v) is 11.2. The first kappa shape index (κ1) is 13.2. The molecular formula is C13H25N3. The predicted molar refractivity (Wildman–Crippen MR) is 68.5 cm³/mol. The van der Waals surface area contributed by atoms with Gasteiger partial charge in [-0.2, -0.15) is 5.10 Å². The zero-order valence-electron chi connectivity index (χ0n) is 11.2. The Morgan fingerprint density at radius 1 is 1.38 bits per heavy atom. The highest BCUT2D eigenvalue weighted by Gasteiger charge is 2.10. The Morgan fingerprint density at radius 2 is 2.06 bits per heavy atom. The number of nitrogens with one attached hydrogen (secondary N) is 1. The van der Waals surface area contributed by atoms with Crippen molar-refractivity contribution in [3.05, 3.63) is 17.5 Å². The summed E-state index contributed by atoms with van der Waals surface area (Å²) in [6.07, 6.45) is 3.12. The highest BCUT2D eigenvalue weighted by molar-refractivity contribution is 5.16. The molecule has 1 atom stereocenters. The second-order valence-electron chi connectivity index (χ2n) is 4.98. The molecule has 1 aromatic rings. The van der Waals surface area contributed by atoms with Gasteiger partial charge in [0, 0.05) is 23.8 Å². The van der Waals surface area contributed by atoms with E-state index in [0.717, 1.165) is 19.5 Å². The SMILES string of the molecule is CCC(C)n1ncc(CNCC(C)C)c1C. The maximum atomic E-state index is 4.46. The van der Waals surface area contributed by atoms with Crippen molar-refractivity contribution in [2.75, 3.05) is 6.54 Å². The molecule has 3 nitrogen and oxygen atoms in total. The van der Waals surface area contributed by atoms with E-state index in [1.807, 2.05) is 6.20 Å². The van der Waals surface area contributed by atoms with Gasteiger partial charge < -0.3 is 5.32 Å². The monoisotopic (exact) mass is 223 g/mol. The molecular weight excluding hydrogens is 198 g/mol. The predicted octanol–water partition coefficient (Wildman–Crippen LogP) is 2.91. The summed E-state index contributed by atoms with van der Waals surface area (Å²) < 4.78 is 2.13. The van der Waals surface area contributed by atoms with Crippen molar-refractivity contribution in [1.29, 1.82) is 0 Å². The van der Waals surface area contributed by atoms with E-state index in [-0.39, 0.29) is 0 Å². The summed E-state index contributed by atoms with van der Waals surface area (Å²) in [6.45, 7) is 13.0. The lowest BCUT2D eigenvalue weighted by Crippen LogP contribution is -2.19. The Kier molecular flexibility index (Phi) is 5.00. The van der Waals surface area contributed by atoms with Crippen LogP contribution in [0.5, 0.6) is 0 Å². The molecule has 16 heavy (non-hydrogen) atoms. The van der Waals surface area contributed by atoms with E-state index in [1.165, 1.54) is 11.3 Å². The van der Waals surface area contributed by atoms with Crippen LogP contribution in [0, 0.1) is 12.8 Å². The van der Waals surface area contributed by atoms with Gasteiger partial charge in [-0.05, 0) is 32.7 Å². The molecule has 1 N–H and O–H groups in total. The first-order chi connectivity index (χ1) is 7.56. The molecule has 0 aliphatic carbocycles. The molecule has 0 bridgehead atoms. The molecule has 0 spiro atoms. The van der Waals surface area contributed by atoms with Crippen LogP contribution in [0.4, 0.5) is 0 Å². The number of aromatic nitrogens is 2. The molecule has 1 aromatic heterocycles. The lowest BCUT2D eigenvalue weighted by molar-refractivity contribution is 0.466. The van der Waals surface area contributed by atoms with Gasteiger partial charge in [-0.15, -0.1) is 0 Å². The minimum absolute atomic E-state index is 0.499. The molecule has 0 fully saturated rings. The molecule has 92 valence electrons. The molecule has 1 heterocycles. The Morgan fingerprint density at radius 3 is 2.62 bits per heavy atom. The van der Waals surface area contributed by atoms with Crippen LogP contribution < -0.4 is 5.32 Å². The van der Waals surface area contributed by atoms with E-state index in [2.05, 4.69) is 49.7 Å². The van der Waals surface area contributed by atoms with Crippen LogP contribution in [0.3, 0.4) is 0 Å². The van der Waals surface area contributed by atoms with Crippen molar-refractivity contribution in [1.82, 2.24) is 15.1 Å². The minimum atomic E-state index is 0.499. The fourth-order valence-electron chi connectivity index (χ4n) is 1.75. The van der Waals surface area contributed by atoms with Crippen LogP contribution in [0.2, 0.25) is 0 Å². The summed E-state index contributed by atoms with van der Waals surface area (Å²) in [7, 11) is 0. The molecule has 0 aliphatic rings. The molecule has 0 saturated heterocycles. The van der Waals surface area contributed by atoms with E-state index in [0.29, 0.717) is 12.0 Å². The standard InChI is InChI=1S/C13H25N3/c1-6-11(4)16-12(5)13(9-15-16)8-14-7-10(2)3/h9-11,14H,6-8H2,1-5H3. The Labute approximate surface area is 99.2 Å². The molecule has 0 saturated carbocycles. The fraction of sp³-hybridized carbons (Fsp3) is 0.769. The maximum Gasteiger partial charge on any atom is 0.0537 e. The fourth-order valence-corrected chi connectivity index (χ4v) is 1.75. The summed E-state index contributed by atoms with van der Waals surface area (Å²) in [5, 5.41) is 7.92. The largest absolute Gasteiger partial charge is 0.312 e. The summed E-state index contributed by atoms with van der Waals surface area (Å²) in [6, 6.07) is 0.499. The summed E-state index contributed by atoms with van der Waals surface area (Å²) >= 11 is 0. The Hall–Kier alpha value is -0.830. The van der Waals surface area contributed by atoms with Gasteiger partial charge in [-0.1, -0.05) is 20.8 Å². The van der Waals surface area contributed by atoms with Crippen molar-refractivity contribution in [2.45, 2.75) is 53.6 Å². The van der Waals surface area contributed by atoms with Crippen molar-refractivity contribution >= 4 is 0 Å². The van der Waals surface area contributed by atoms with Gasteiger partial charge >= 0.3 is 0 Å². The third-order valence-electron chi connectivity index (χ3n) is 3.02. The van der Waals surface area contributed by atoms with Crippen LogP contribution in [0.15, 0.2) is 6.20 Å². The molecule has 0 radical (unpaired) electrons. The van der Waals surface area contributed by atoms with E-state index in [1.54, 1.807) is 0 Å². The van der Waals surface area contributed by atoms with Crippen molar-refractivity contribution in [3.8, 4) is 0 Å². The van der Waals surface area contributed by atoms with Gasteiger partial charge in [0.25, 0.3) is 0 Å². The summed E-state index contributed by atoms with van der Waals surface area (Å²) in [4.78, 5) is 0. The second kappa shape index (κ2) is 6.04. The normalized spacial score (nSPS) is 13.4. The van der Waals surface area contributed by atoms with Crippen molar-refractivity contribution < 1.29 is 0 Å². The Balaban J connectivity index is 2.58. The zero-order chi connectivity index (χ0) is 12.1. The van der Waals surface area contributed by atoms with Crippen LogP contribution in [0.25, 0.3) is 0 Å². The topological polar surface area (TPSA) is 29.9 Å². The number of hydrogen-bond acceptors (Lipinski definition) is 2. The third-order valence-corrected chi connectivity index (χ3v) is 3.02. The van der Waals surface area contributed by atoms with Crippen LogP contribution in [0.1, 0.15) is 51.4 Å². The van der Waals surface area contributed by atoms with Crippen molar-refractivity contribution in [2.24, 2.45) is 5.92 Å². The van der Waals surface area contributed by atoms with E-state index in [4.69, 9.17) is 0 Å². The molecule has 1 rings (SSSR count). The first-order valence-corrected chi connectivity index (χ1v) is 6.29. The van der Waals surface area contributed by atoms with Gasteiger partial charge in [0.05, 0.1) is 6.20 Å². The van der Waals surface area contributed by atoms with E-state index < -0.39 is 0 Å². The number of nitrogens with zero attached hydrogens (tertiary/aromatic N) is 2. The minimum Gasteiger partial charge on any atom is -0.312 e. The van der Waals surface area contributed by atoms with Gasteiger partial charge in [0.15, 0.2) is 0 Å². The van der Waals surface area contributed by atoms with Gasteiger partial charge in [0.2, 0.25) is 0 Å². The number of hydrogen-bond donors (Lipinski definition) is 1. The molecule has 0 amide bonds. The van der Waals surface area contributed by atoms with Crippen LogP contribution >= 0.6 is 0 Å². The average Bonchev–Trinajstić information content (AvgIpc) is 2.59. The lowest BCUT2D eigenvalue weighted by atomic mass is 10.2. The Bertz CT molecular complexity index is 315. The summed E-state index contributed by atoms with van der Waals surface area (Å²) in [5.41, 5.74) is 2.62. The summed E-state index contributed by atoms with van der Waals surface area (Å²) in [5.74, 6) is 0.699. The highest BCUT2D eigenvalue weighted by atomic mass is 15.3. The van der Waals surface area contributed by atoms with Gasteiger partial charge in [0.1, 0.15) is 0 Å². The quantitative estimate of drug-likeness (QED) is 0.803. The highest BCUT2D eigenvalue weighted by Crippen LogP contribution is 2.15. The maximum absolute atomic E-state index is 4.46. The van der Waals surface area contributed by atoms with E-state index in [9.17, 15) is 0 Å². The first-order valence-electron chi connectivity index (χ1n) is 6.29. The van der Waals surface area contributed by atoms with Crippen LogP contribution in [-0.4, -0.2) is 16.3 Å². The smallest absolute Gasteiger partial charge is 0.0537 e. The number of rotatable bonds is 6. The third kappa shape index (κ3) is 3.34. The van der Waals surface area contributed by atoms with Gasteiger partial charge in [-0.3, -0.25) is 4.68 Å². The van der Waals surface area contributed by atoms with Gasteiger partial charge in [-0.25, -0.2) is 0 Å². The second-order valence-corrected chi connectivity index (χ2v) is 4.98. The average molecular weight is 223 g/mol. The van der Waals surface area contributed by atoms with Crippen LogP contribution in [-0.2, 0) is 6.54 Å². The van der Waals surface area contributed by atoms with Crippen molar-refractivity contribution in [3.63, 3.8) is 0 Å². The lowest BCUT2D eigenvalue weighted by Gasteiger charge is -2.12. The van der Waals surface area contributed by atoms with E-state index >= 15 is 0 Å². The molecule has 3 heteroatoms. The molecule has 0 aromatic carbocycles. The molecule has 1 unspecified atom stereocenters. The molecule has 0 aliphatic heterocycles.